The minimum Gasteiger partial charge on any atom is -0.396 e. The molecule has 1 saturated carbocycles. The first-order chi connectivity index (χ1) is 10.1. The van der Waals surface area contributed by atoms with Gasteiger partial charge in [-0.1, -0.05) is 11.6 Å². The smallest absolute Gasteiger partial charge is 0.229 e. The van der Waals surface area contributed by atoms with Crippen molar-refractivity contribution < 1.29 is 9.90 Å². The molecule has 0 radical (unpaired) electrons. The van der Waals surface area contributed by atoms with Crippen LogP contribution in [0.2, 0.25) is 5.02 Å². The lowest BCUT2D eigenvalue weighted by Crippen LogP contribution is -2.38. The van der Waals surface area contributed by atoms with Crippen molar-refractivity contribution in [3.05, 3.63) is 33.9 Å². The van der Waals surface area contributed by atoms with E-state index in [0.717, 1.165) is 28.1 Å². The van der Waals surface area contributed by atoms with Crippen LogP contribution in [0, 0.1) is 11.8 Å². The molecule has 0 aliphatic heterocycles. The van der Waals surface area contributed by atoms with Gasteiger partial charge in [0.15, 0.2) is 0 Å². The van der Waals surface area contributed by atoms with Crippen LogP contribution in [0.25, 0.3) is 10.8 Å². The number of hydrogen-bond donors (Lipinski definition) is 2. The Morgan fingerprint density at radius 3 is 2.86 bits per heavy atom. The van der Waals surface area contributed by atoms with Crippen LogP contribution in [0.4, 0.5) is 5.82 Å². The normalized spacial score (nSPS) is 21.1. The molecule has 2 unspecified atom stereocenters. The van der Waals surface area contributed by atoms with E-state index in [1.165, 1.54) is 0 Å². The van der Waals surface area contributed by atoms with Crippen molar-refractivity contribution in [2.45, 2.75) is 12.8 Å². The molecule has 2 N–H and O–H groups in total. The Balaban J connectivity index is 1.81. The minimum atomic E-state index is -0.107. The molecule has 1 aromatic heterocycles. The zero-order valence-electron chi connectivity index (χ0n) is 11.1. The predicted molar refractivity (Wildman–Crippen MR) is 86.4 cm³/mol. The number of pyridine rings is 1. The number of benzene rings is 1. The lowest BCUT2D eigenvalue weighted by atomic mass is 9.73. The Morgan fingerprint density at radius 2 is 2.19 bits per heavy atom. The molecule has 6 heteroatoms. The number of halogens is 2. The van der Waals surface area contributed by atoms with Gasteiger partial charge in [-0.15, -0.1) is 0 Å². The molecule has 0 bridgehead atoms. The van der Waals surface area contributed by atoms with E-state index in [0.29, 0.717) is 10.8 Å². The van der Waals surface area contributed by atoms with E-state index in [-0.39, 0.29) is 24.3 Å². The Labute approximate surface area is 135 Å². The molecule has 1 aromatic carbocycles. The number of amides is 1. The fourth-order valence-corrected chi connectivity index (χ4v) is 3.09. The van der Waals surface area contributed by atoms with Crippen molar-refractivity contribution in [1.82, 2.24) is 4.98 Å². The number of nitrogens with one attached hydrogen (secondary N) is 1. The molecular weight excluding hydrogens is 356 g/mol. The molecule has 1 amide bonds. The number of aromatic nitrogens is 1. The third-order valence-corrected chi connectivity index (χ3v) is 5.20. The van der Waals surface area contributed by atoms with Crippen molar-refractivity contribution in [3.8, 4) is 0 Å². The Hall–Kier alpha value is -1.17. The highest BCUT2D eigenvalue weighted by atomic mass is 79.9. The third kappa shape index (κ3) is 2.91. The van der Waals surface area contributed by atoms with Crippen LogP contribution in [0.3, 0.4) is 0 Å². The summed E-state index contributed by atoms with van der Waals surface area (Å²) in [7, 11) is 0. The summed E-state index contributed by atoms with van der Waals surface area (Å²) in [6.07, 6.45) is 3.42. The molecule has 0 spiro atoms. The fraction of sp³-hybridized carbons (Fsp3) is 0.333. The highest BCUT2D eigenvalue weighted by Gasteiger charge is 2.35. The molecule has 21 heavy (non-hydrogen) atoms. The van der Waals surface area contributed by atoms with E-state index < -0.39 is 0 Å². The van der Waals surface area contributed by atoms with Gasteiger partial charge < -0.3 is 10.4 Å². The Bertz CT molecular complexity index is 705. The van der Waals surface area contributed by atoms with Crippen LogP contribution < -0.4 is 5.32 Å². The summed E-state index contributed by atoms with van der Waals surface area (Å²) >= 11 is 9.43. The van der Waals surface area contributed by atoms with E-state index in [1.807, 2.05) is 18.2 Å². The second-order valence-electron chi connectivity index (χ2n) is 5.30. The molecular formula is C15H14BrClN2O2. The largest absolute Gasteiger partial charge is 0.396 e. The van der Waals surface area contributed by atoms with E-state index in [2.05, 4.69) is 26.2 Å². The number of anilines is 1. The van der Waals surface area contributed by atoms with Crippen LogP contribution in [-0.2, 0) is 4.79 Å². The second-order valence-corrected chi connectivity index (χ2v) is 6.56. The van der Waals surface area contributed by atoms with Gasteiger partial charge >= 0.3 is 0 Å². The molecule has 2 atom stereocenters. The molecule has 4 nitrogen and oxygen atoms in total. The van der Waals surface area contributed by atoms with Gasteiger partial charge in [0, 0.05) is 28.6 Å². The van der Waals surface area contributed by atoms with Crippen LogP contribution >= 0.6 is 27.5 Å². The highest BCUT2D eigenvalue weighted by Crippen LogP contribution is 2.35. The SMILES string of the molecule is O=C(Nc1cc2cc(Br)c(Cl)cc2cn1)C1CCC1CO. The van der Waals surface area contributed by atoms with E-state index in [1.54, 1.807) is 6.20 Å². The van der Waals surface area contributed by atoms with E-state index in [4.69, 9.17) is 16.7 Å². The van der Waals surface area contributed by atoms with E-state index >= 15 is 0 Å². The van der Waals surface area contributed by atoms with Crippen molar-refractivity contribution in [3.63, 3.8) is 0 Å². The van der Waals surface area contributed by atoms with Crippen molar-refractivity contribution in [1.29, 1.82) is 0 Å². The predicted octanol–water partition coefficient (Wildman–Crippen LogP) is 3.61. The third-order valence-electron chi connectivity index (χ3n) is 4.00. The van der Waals surface area contributed by atoms with Crippen LogP contribution in [0.5, 0.6) is 0 Å². The number of hydrogen-bond acceptors (Lipinski definition) is 3. The van der Waals surface area contributed by atoms with Gasteiger partial charge in [-0.05, 0) is 58.3 Å². The van der Waals surface area contributed by atoms with Gasteiger partial charge in [0.1, 0.15) is 5.82 Å². The molecule has 1 heterocycles. The summed E-state index contributed by atoms with van der Waals surface area (Å²) in [5.41, 5.74) is 0. The van der Waals surface area contributed by atoms with Gasteiger partial charge in [0.2, 0.25) is 5.91 Å². The van der Waals surface area contributed by atoms with Crippen LogP contribution in [-0.4, -0.2) is 22.6 Å². The zero-order valence-corrected chi connectivity index (χ0v) is 13.5. The van der Waals surface area contributed by atoms with Crippen LogP contribution in [0.15, 0.2) is 28.9 Å². The molecule has 1 aliphatic rings. The number of aliphatic hydroxyl groups is 1. The maximum atomic E-state index is 12.1. The highest BCUT2D eigenvalue weighted by molar-refractivity contribution is 9.10. The van der Waals surface area contributed by atoms with Gasteiger partial charge in [0.25, 0.3) is 0 Å². The quantitative estimate of drug-likeness (QED) is 0.869. The molecule has 110 valence electrons. The minimum absolute atomic E-state index is 0.0642. The monoisotopic (exact) mass is 368 g/mol. The van der Waals surface area contributed by atoms with Gasteiger partial charge in [-0.2, -0.15) is 0 Å². The first kappa shape index (κ1) is 14.8. The summed E-state index contributed by atoms with van der Waals surface area (Å²) in [5.74, 6) is 0.424. The fourth-order valence-electron chi connectivity index (χ4n) is 2.56. The molecule has 3 rings (SSSR count). The molecule has 0 saturated heterocycles. The molecule has 1 fully saturated rings. The lowest BCUT2D eigenvalue weighted by Gasteiger charge is -2.33. The number of aliphatic hydroxyl groups excluding tert-OH is 1. The van der Waals surface area contributed by atoms with Crippen molar-refractivity contribution in [2.75, 3.05) is 11.9 Å². The van der Waals surface area contributed by atoms with Crippen molar-refractivity contribution in [2.24, 2.45) is 11.8 Å². The first-order valence-corrected chi connectivity index (χ1v) is 7.92. The Kier molecular flexibility index (Phi) is 4.15. The lowest BCUT2D eigenvalue weighted by molar-refractivity contribution is -0.126. The summed E-state index contributed by atoms with van der Waals surface area (Å²) < 4.78 is 0.805. The Morgan fingerprint density at radius 1 is 1.38 bits per heavy atom. The number of carbonyl (C=O) groups excluding carboxylic acids is 1. The average Bonchev–Trinajstić information content (AvgIpc) is 2.39. The van der Waals surface area contributed by atoms with E-state index in [9.17, 15) is 4.79 Å². The van der Waals surface area contributed by atoms with Gasteiger partial charge in [0.05, 0.1) is 5.02 Å². The average molecular weight is 370 g/mol. The maximum Gasteiger partial charge on any atom is 0.229 e. The summed E-state index contributed by atoms with van der Waals surface area (Å²) in [4.78, 5) is 16.4. The van der Waals surface area contributed by atoms with Crippen molar-refractivity contribution >= 4 is 50.0 Å². The molecule has 2 aromatic rings. The van der Waals surface area contributed by atoms with Gasteiger partial charge in [-0.25, -0.2) is 4.98 Å². The molecule has 1 aliphatic carbocycles. The zero-order chi connectivity index (χ0) is 15.0. The summed E-state index contributed by atoms with van der Waals surface area (Å²) in [5, 5.41) is 14.5. The van der Waals surface area contributed by atoms with Crippen LogP contribution in [0.1, 0.15) is 12.8 Å². The van der Waals surface area contributed by atoms with Gasteiger partial charge in [-0.3, -0.25) is 4.79 Å². The summed E-state index contributed by atoms with van der Waals surface area (Å²) in [6.45, 7) is 0.0642. The number of carbonyl (C=O) groups is 1. The topological polar surface area (TPSA) is 62.2 Å². The number of fused-ring (bicyclic) bond motifs is 1. The second kappa shape index (κ2) is 5.91. The standard InChI is InChI=1S/C15H14BrClN2O2/c16-12-3-9-5-14(18-6-10(9)4-13(12)17)19-15(21)11-2-1-8(11)7-20/h3-6,8,11,20H,1-2,7H2,(H,18,19,21). The first-order valence-electron chi connectivity index (χ1n) is 6.75. The number of nitrogens with zero attached hydrogens (tertiary/aromatic N) is 1. The summed E-state index contributed by atoms with van der Waals surface area (Å²) in [6, 6.07) is 5.54. The number of rotatable bonds is 3. The maximum absolute atomic E-state index is 12.1.